The summed E-state index contributed by atoms with van der Waals surface area (Å²) in [5.74, 6) is 0.0219. The van der Waals surface area contributed by atoms with Crippen LogP contribution in [0, 0.1) is 0 Å². The van der Waals surface area contributed by atoms with E-state index in [1.54, 1.807) is 43.0 Å². The van der Waals surface area contributed by atoms with Gasteiger partial charge in [-0.2, -0.15) is 0 Å². The number of aromatic nitrogens is 3. The zero-order chi connectivity index (χ0) is 16.4. The maximum Gasteiger partial charge on any atom is 0.316 e. The van der Waals surface area contributed by atoms with Gasteiger partial charge in [0, 0.05) is 43.3 Å². The molecule has 0 N–H and O–H groups in total. The van der Waals surface area contributed by atoms with Crippen LogP contribution in [0.3, 0.4) is 0 Å². The predicted molar refractivity (Wildman–Crippen MR) is 84.5 cm³/mol. The van der Waals surface area contributed by atoms with Crippen molar-refractivity contribution in [2.45, 2.75) is 24.5 Å². The zero-order valence-electron chi connectivity index (χ0n) is 13.2. The van der Waals surface area contributed by atoms with E-state index in [1.807, 2.05) is 4.90 Å². The third-order valence-electron chi connectivity index (χ3n) is 4.52. The Morgan fingerprint density at radius 1 is 1.25 bits per heavy atom. The number of rotatable bonds is 3. The van der Waals surface area contributed by atoms with Crippen molar-refractivity contribution in [3.63, 3.8) is 0 Å². The molecule has 1 spiro atoms. The Morgan fingerprint density at radius 3 is 2.83 bits per heavy atom. The summed E-state index contributed by atoms with van der Waals surface area (Å²) in [6.07, 6.45) is 8.05. The van der Waals surface area contributed by atoms with Crippen LogP contribution in [0.25, 0.3) is 0 Å². The highest BCUT2D eigenvalue weighted by Gasteiger charge is 2.47. The lowest BCUT2D eigenvalue weighted by molar-refractivity contribution is 0.00973. The molecule has 2 fully saturated rings. The lowest BCUT2D eigenvalue weighted by Gasteiger charge is -2.23. The van der Waals surface area contributed by atoms with Crippen LogP contribution in [-0.2, 0) is 4.74 Å². The van der Waals surface area contributed by atoms with Crippen LogP contribution < -0.4 is 4.74 Å². The molecule has 7 nitrogen and oxygen atoms in total. The Morgan fingerprint density at radius 2 is 2.04 bits per heavy atom. The lowest BCUT2D eigenvalue weighted by atomic mass is 9.98. The molecular formula is C17H18N4O3. The quantitative estimate of drug-likeness (QED) is 0.847. The molecule has 0 radical (unpaired) electrons. The first kappa shape index (κ1) is 15.0. The van der Waals surface area contributed by atoms with Crippen molar-refractivity contribution < 1.29 is 14.3 Å². The molecule has 0 bridgehead atoms. The number of ether oxygens (including phenoxy) is 2. The van der Waals surface area contributed by atoms with Crippen LogP contribution in [0.5, 0.6) is 6.01 Å². The lowest BCUT2D eigenvalue weighted by Crippen LogP contribution is -2.36. The number of carbonyl (C=O) groups is 1. The number of hydrogen-bond acceptors (Lipinski definition) is 6. The summed E-state index contributed by atoms with van der Waals surface area (Å²) < 4.78 is 11.8. The SMILES string of the molecule is O=C(c1ccncc1)N1CC[C@]2(C[C@@H](Oc3ncccn3)CO2)C1. The molecule has 0 unspecified atom stereocenters. The molecule has 24 heavy (non-hydrogen) atoms. The normalized spacial score (nSPS) is 26.0. The first-order chi connectivity index (χ1) is 11.7. The van der Waals surface area contributed by atoms with Crippen LogP contribution in [-0.4, -0.2) is 57.2 Å². The molecule has 1 amide bonds. The Kier molecular flexibility index (Phi) is 3.86. The third-order valence-corrected chi connectivity index (χ3v) is 4.52. The number of hydrogen-bond donors (Lipinski definition) is 0. The van der Waals surface area contributed by atoms with Gasteiger partial charge in [0.1, 0.15) is 6.10 Å². The minimum Gasteiger partial charge on any atom is -0.458 e. The number of amides is 1. The van der Waals surface area contributed by atoms with Gasteiger partial charge in [-0.05, 0) is 24.6 Å². The highest BCUT2D eigenvalue weighted by Crippen LogP contribution is 2.36. The molecule has 2 aromatic heterocycles. The van der Waals surface area contributed by atoms with Crippen molar-refractivity contribution in [2.24, 2.45) is 0 Å². The van der Waals surface area contributed by atoms with Gasteiger partial charge in [-0.15, -0.1) is 0 Å². The maximum absolute atomic E-state index is 12.6. The minimum absolute atomic E-state index is 0.0219. The van der Waals surface area contributed by atoms with E-state index >= 15 is 0 Å². The molecule has 0 aromatic carbocycles. The van der Waals surface area contributed by atoms with Gasteiger partial charge >= 0.3 is 6.01 Å². The van der Waals surface area contributed by atoms with Gasteiger partial charge in [0.2, 0.25) is 0 Å². The Hall–Kier alpha value is -2.54. The molecule has 2 aliphatic rings. The molecule has 4 rings (SSSR count). The summed E-state index contributed by atoms with van der Waals surface area (Å²) in [6.45, 7) is 1.77. The van der Waals surface area contributed by atoms with Crippen LogP contribution in [0.4, 0.5) is 0 Å². The maximum atomic E-state index is 12.6. The predicted octanol–water partition coefficient (Wildman–Crippen LogP) is 1.32. The van der Waals surface area contributed by atoms with E-state index in [-0.39, 0.29) is 17.6 Å². The zero-order valence-corrected chi connectivity index (χ0v) is 13.2. The fraction of sp³-hybridized carbons (Fsp3) is 0.412. The smallest absolute Gasteiger partial charge is 0.316 e. The van der Waals surface area contributed by atoms with Crippen LogP contribution >= 0.6 is 0 Å². The molecule has 4 heterocycles. The molecule has 7 heteroatoms. The Bertz CT molecular complexity index is 712. The van der Waals surface area contributed by atoms with Crippen molar-refractivity contribution in [3.8, 4) is 6.01 Å². The summed E-state index contributed by atoms with van der Waals surface area (Å²) in [5, 5.41) is 0. The second-order valence-electron chi connectivity index (χ2n) is 6.18. The molecule has 2 aromatic rings. The van der Waals surface area contributed by atoms with Crippen molar-refractivity contribution in [1.82, 2.24) is 19.9 Å². The summed E-state index contributed by atoms with van der Waals surface area (Å²) in [4.78, 5) is 26.5. The van der Waals surface area contributed by atoms with Gasteiger partial charge in [0.15, 0.2) is 0 Å². The van der Waals surface area contributed by atoms with Gasteiger partial charge in [0.05, 0.1) is 18.8 Å². The first-order valence-corrected chi connectivity index (χ1v) is 8.01. The highest BCUT2D eigenvalue weighted by molar-refractivity contribution is 5.94. The van der Waals surface area contributed by atoms with Crippen LogP contribution in [0.2, 0.25) is 0 Å². The average Bonchev–Trinajstić information content (AvgIpc) is 3.23. The second kappa shape index (κ2) is 6.16. The first-order valence-electron chi connectivity index (χ1n) is 8.01. The summed E-state index contributed by atoms with van der Waals surface area (Å²) in [7, 11) is 0. The molecule has 2 saturated heterocycles. The van der Waals surface area contributed by atoms with Gasteiger partial charge in [0.25, 0.3) is 5.91 Å². The Labute approximate surface area is 139 Å². The van der Waals surface area contributed by atoms with E-state index in [9.17, 15) is 4.79 Å². The highest BCUT2D eigenvalue weighted by atomic mass is 16.6. The number of likely N-dealkylation sites (tertiary alicyclic amines) is 1. The number of carbonyl (C=O) groups excluding carboxylic acids is 1. The molecule has 2 atom stereocenters. The summed E-state index contributed by atoms with van der Waals surface area (Å²) >= 11 is 0. The van der Waals surface area contributed by atoms with Crippen molar-refractivity contribution in [2.75, 3.05) is 19.7 Å². The molecule has 0 aliphatic carbocycles. The molecule has 124 valence electrons. The summed E-state index contributed by atoms with van der Waals surface area (Å²) in [6, 6.07) is 5.59. The minimum atomic E-state index is -0.317. The molecular weight excluding hydrogens is 308 g/mol. The van der Waals surface area contributed by atoms with Crippen molar-refractivity contribution in [3.05, 3.63) is 48.5 Å². The number of pyridine rings is 1. The van der Waals surface area contributed by atoms with E-state index in [1.165, 1.54) is 0 Å². The topological polar surface area (TPSA) is 77.4 Å². The molecule has 0 saturated carbocycles. The van der Waals surface area contributed by atoms with E-state index in [0.29, 0.717) is 31.3 Å². The summed E-state index contributed by atoms with van der Waals surface area (Å²) in [5.41, 5.74) is 0.341. The average molecular weight is 326 g/mol. The standard InChI is InChI=1S/C17H18N4O3/c22-15(13-2-7-18-8-3-13)21-9-4-17(12-21)10-14(11-23-17)24-16-19-5-1-6-20-16/h1-3,5-8,14H,4,9-12H2/t14-,17+/m1/s1. The van der Waals surface area contributed by atoms with E-state index < -0.39 is 0 Å². The van der Waals surface area contributed by atoms with Gasteiger partial charge < -0.3 is 14.4 Å². The largest absolute Gasteiger partial charge is 0.458 e. The van der Waals surface area contributed by atoms with E-state index in [0.717, 1.165) is 12.8 Å². The van der Waals surface area contributed by atoms with Crippen molar-refractivity contribution >= 4 is 5.91 Å². The van der Waals surface area contributed by atoms with Gasteiger partial charge in [-0.1, -0.05) is 0 Å². The second-order valence-corrected chi connectivity index (χ2v) is 6.18. The number of nitrogens with zero attached hydrogens (tertiary/aromatic N) is 4. The Balaban J connectivity index is 1.39. The van der Waals surface area contributed by atoms with E-state index in [2.05, 4.69) is 15.0 Å². The van der Waals surface area contributed by atoms with Crippen molar-refractivity contribution in [1.29, 1.82) is 0 Å². The fourth-order valence-corrected chi connectivity index (χ4v) is 3.35. The van der Waals surface area contributed by atoms with Gasteiger partial charge in [-0.3, -0.25) is 9.78 Å². The van der Waals surface area contributed by atoms with E-state index in [4.69, 9.17) is 9.47 Å². The van der Waals surface area contributed by atoms with Crippen LogP contribution in [0.15, 0.2) is 43.0 Å². The monoisotopic (exact) mass is 326 g/mol. The third kappa shape index (κ3) is 2.94. The molecule has 2 aliphatic heterocycles. The van der Waals surface area contributed by atoms with Crippen LogP contribution in [0.1, 0.15) is 23.2 Å². The fourth-order valence-electron chi connectivity index (χ4n) is 3.35. The van der Waals surface area contributed by atoms with Gasteiger partial charge in [-0.25, -0.2) is 9.97 Å².